The van der Waals surface area contributed by atoms with Gasteiger partial charge in [0.25, 0.3) is 5.91 Å². The number of nitrogens with zero attached hydrogens (tertiary/aromatic N) is 1. The summed E-state index contributed by atoms with van der Waals surface area (Å²) in [6, 6.07) is 3.41. The Kier molecular flexibility index (Phi) is 3.56. The number of likely N-dealkylation sites (N-methyl/N-ethyl adjacent to an activating group) is 1. The molecule has 2 N–H and O–H groups in total. The van der Waals surface area contributed by atoms with Crippen LogP contribution in [-0.2, 0) is 4.79 Å². The molecule has 0 fully saturated rings. The lowest BCUT2D eigenvalue weighted by molar-refractivity contribution is -0.127. The Hall–Kier alpha value is -1.69. The quantitative estimate of drug-likeness (QED) is 0.583. The standard InChI is InChI=1S/C9H10F2N2O2/c1-13(5-8(14)12-15)9-6(10)3-2-4-7(9)11/h2-4,15H,5H2,1H3,(H,12,14). The molecule has 0 aliphatic heterocycles. The van der Waals surface area contributed by atoms with Crippen LogP contribution >= 0.6 is 0 Å². The molecule has 0 saturated heterocycles. The first-order valence-corrected chi connectivity index (χ1v) is 4.14. The molecule has 1 aromatic carbocycles. The van der Waals surface area contributed by atoms with Gasteiger partial charge in [-0.05, 0) is 12.1 Å². The first-order chi connectivity index (χ1) is 7.06. The zero-order valence-electron chi connectivity index (χ0n) is 8.00. The van der Waals surface area contributed by atoms with Gasteiger partial charge in [0, 0.05) is 7.05 Å². The van der Waals surface area contributed by atoms with Gasteiger partial charge in [0.05, 0.1) is 6.54 Å². The van der Waals surface area contributed by atoms with Crippen molar-refractivity contribution in [2.45, 2.75) is 0 Å². The molecule has 1 amide bonds. The van der Waals surface area contributed by atoms with Crippen LogP contribution in [0.4, 0.5) is 14.5 Å². The van der Waals surface area contributed by atoms with Gasteiger partial charge in [-0.3, -0.25) is 10.0 Å². The van der Waals surface area contributed by atoms with Gasteiger partial charge in [-0.2, -0.15) is 0 Å². The molecule has 1 aromatic rings. The SMILES string of the molecule is CN(CC(=O)NO)c1c(F)cccc1F. The van der Waals surface area contributed by atoms with Crippen LogP contribution in [0.2, 0.25) is 0 Å². The molecule has 0 aliphatic rings. The van der Waals surface area contributed by atoms with Crippen molar-refractivity contribution >= 4 is 11.6 Å². The summed E-state index contributed by atoms with van der Waals surface area (Å²) >= 11 is 0. The van der Waals surface area contributed by atoms with E-state index in [1.165, 1.54) is 18.6 Å². The Morgan fingerprint density at radius 1 is 1.47 bits per heavy atom. The number of hydrogen-bond donors (Lipinski definition) is 2. The third-order valence-corrected chi connectivity index (χ3v) is 1.82. The van der Waals surface area contributed by atoms with E-state index in [1.807, 2.05) is 0 Å². The molecule has 0 unspecified atom stereocenters. The monoisotopic (exact) mass is 216 g/mol. The Morgan fingerprint density at radius 2 is 2.00 bits per heavy atom. The largest absolute Gasteiger partial charge is 0.360 e. The van der Waals surface area contributed by atoms with E-state index >= 15 is 0 Å². The number of para-hydroxylation sites is 1. The van der Waals surface area contributed by atoms with Crippen LogP contribution in [0.1, 0.15) is 0 Å². The van der Waals surface area contributed by atoms with E-state index in [0.29, 0.717) is 0 Å². The summed E-state index contributed by atoms with van der Waals surface area (Å²) in [5.74, 6) is -2.27. The summed E-state index contributed by atoms with van der Waals surface area (Å²) in [6.45, 7) is -0.339. The van der Waals surface area contributed by atoms with Gasteiger partial charge >= 0.3 is 0 Å². The number of hydroxylamine groups is 1. The summed E-state index contributed by atoms with van der Waals surface area (Å²) in [4.78, 5) is 11.8. The lowest BCUT2D eigenvalue weighted by Gasteiger charge is -2.18. The zero-order chi connectivity index (χ0) is 11.4. The second-order valence-electron chi connectivity index (χ2n) is 2.96. The second kappa shape index (κ2) is 4.70. The molecule has 1 rings (SSSR count). The molecule has 0 heterocycles. The highest BCUT2D eigenvalue weighted by Crippen LogP contribution is 2.21. The molecule has 0 aromatic heterocycles. The predicted octanol–water partition coefficient (Wildman–Crippen LogP) is 0.906. The van der Waals surface area contributed by atoms with E-state index in [4.69, 9.17) is 5.21 Å². The van der Waals surface area contributed by atoms with Gasteiger partial charge in [0.1, 0.15) is 17.3 Å². The van der Waals surface area contributed by atoms with Crippen molar-refractivity contribution in [1.82, 2.24) is 5.48 Å². The van der Waals surface area contributed by atoms with Crippen molar-refractivity contribution in [3.63, 3.8) is 0 Å². The van der Waals surface area contributed by atoms with Crippen LogP contribution in [0.15, 0.2) is 18.2 Å². The van der Waals surface area contributed by atoms with Gasteiger partial charge in [0.2, 0.25) is 0 Å². The maximum absolute atomic E-state index is 13.2. The molecular formula is C9H10F2N2O2. The van der Waals surface area contributed by atoms with Crippen molar-refractivity contribution in [2.75, 3.05) is 18.5 Å². The maximum Gasteiger partial charge on any atom is 0.262 e. The van der Waals surface area contributed by atoms with Crippen LogP contribution in [-0.4, -0.2) is 24.7 Å². The minimum atomic E-state index is -0.761. The molecule has 0 spiro atoms. The number of amides is 1. The van der Waals surface area contributed by atoms with Gasteiger partial charge in [-0.25, -0.2) is 14.3 Å². The van der Waals surface area contributed by atoms with Crippen LogP contribution in [0, 0.1) is 11.6 Å². The molecule has 82 valence electrons. The number of anilines is 1. The lowest BCUT2D eigenvalue weighted by Crippen LogP contribution is -2.34. The van der Waals surface area contributed by atoms with Gasteiger partial charge in [-0.1, -0.05) is 6.07 Å². The number of halogens is 2. The van der Waals surface area contributed by atoms with Crippen LogP contribution in [0.3, 0.4) is 0 Å². The van der Waals surface area contributed by atoms with E-state index in [0.717, 1.165) is 17.0 Å². The van der Waals surface area contributed by atoms with Crippen molar-refractivity contribution in [3.8, 4) is 0 Å². The van der Waals surface area contributed by atoms with Crippen LogP contribution in [0.5, 0.6) is 0 Å². The molecule has 0 saturated carbocycles. The Labute approximate surface area is 85.1 Å². The molecular weight excluding hydrogens is 206 g/mol. The fraction of sp³-hybridized carbons (Fsp3) is 0.222. The first kappa shape index (κ1) is 11.4. The van der Waals surface area contributed by atoms with Crippen LogP contribution < -0.4 is 10.4 Å². The van der Waals surface area contributed by atoms with E-state index in [-0.39, 0.29) is 12.2 Å². The molecule has 6 heteroatoms. The third kappa shape index (κ3) is 2.63. The number of rotatable bonds is 3. The summed E-state index contributed by atoms with van der Waals surface area (Å²) < 4.78 is 26.4. The molecule has 0 radical (unpaired) electrons. The fourth-order valence-corrected chi connectivity index (χ4v) is 1.18. The summed E-state index contributed by atoms with van der Waals surface area (Å²) in [5.41, 5.74) is 1.07. The smallest absolute Gasteiger partial charge is 0.262 e. The third-order valence-electron chi connectivity index (χ3n) is 1.82. The topological polar surface area (TPSA) is 52.6 Å². The molecule has 4 nitrogen and oxygen atoms in total. The highest BCUT2D eigenvalue weighted by atomic mass is 19.1. The zero-order valence-corrected chi connectivity index (χ0v) is 8.00. The predicted molar refractivity (Wildman–Crippen MR) is 49.6 cm³/mol. The molecule has 0 atom stereocenters. The Bertz CT molecular complexity index is 351. The average molecular weight is 216 g/mol. The van der Waals surface area contributed by atoms with Gasteiger partial charge in [0.15, 0.2) is 0 Å². The summed E-state index contributed by atoms with van der Waals surface area (Å²) in [6.07, 6.45) is 0. The Morgan fingerprint density at radius 3 is 2.47 bits per heavy atom. The minimum Gasteiger partial charge on any atom is -0.360 e. The average Bonchev–Trinajstić information content (AvgIpc) is 2.17. The fourth-order valence-electron chi connectivity index (χ4n) is 1.18. The van der Waals surface area contributed by atoms with E-state index in [9.17, 15) is 13.6 Å². The number of benzene rings is 1. The number of carbonyl (C=O) groups excluding carboxylic acids is 1. The first-order valence-electron chi connectivity index (χ1n) is 4.14. The normalized spacial score (nSPS) is 9.87. The highest BCUT2D eigenvalue weighted by Gasteiger charge is 2.15. The van der Waals surface area contributed by atoms with E-state index in [1.54, 1.807) is 0 Å². The second-order valence-corrected chi connectivity index (χ2v) is 2.96. The molecule has 0 bridgehead atoms. The van der Waals surface area contributed by atoms with E-state index in [2.05, 4.69) is 0 Å². The molecule has 15 heavy (non-hydrogen) atoms. The number of carbonyl (C=O) groups is 1. The van der Waals surface area contributed by atoms with Crippen LogP contribution in [0.25, 0.3) is 0 Å². The number of hydrogen-bond acceptors (Lipinski definition) is 3. The summed E-state index contributed by atoms with van der Waals surface area (Å²) in [5, 5.41) is 8.26. The van der Waals surface area contributed by atoms with E-state index < -0.39 is 17.5 Å². The summed E-state index contributed by atoms with van der Waals surface area (Å²) in [7, 11) is 1.34. The lowest BCUT2D eigenvalue weighted by atomic mass is 10.2. The molecule has 0 aliphatic carbocycles. The van der Waals surface area contributed by atoms with Crippen molar-refractivity contribution < 1.29 is 18.8 Å². The Balaban J connectivity index is 2.90. The van der Waals surface area contributed by atoms with Gasteiger partial charge in [-0.15, -0.1) is 0 Å². The van der Waals surface area contributed by atoms with Crippen molar-refractivity contribution in [3.05, 3.63) is 29.8 Å². The van der Waals surface area contributed by atoms with Crippen molar-refractivity contribution in [2.24, 2.45) is 0 Å². The van der Waals surface area contributed by atoms with Crippen molar-refractivity contribution in [1.29, 1.82) is 0 Å². The minimum absolute atomic E-state index is 0.305. The van der Waals surface area contributed by atoms with Gasteiger partial charge < -0.3 is 4.90 Å². The number of nitrogens with one attached hydrogen (secondary N) is 1. The maximum atomic E-state index is 13.2. The highest BCUT2D eigenvalue weighted by molar-refractivity contribution is 5.80.